The van der Waals surface area contributed by atoms with Crippen molar-refractivity contribution < 1.29 is 43.9 Å². The van der Waals surface area contributed by atoms with Crippen LogP contribution >= 0.6 is 0 Å². The third kappa shape index (κ3) is 8.57. The molecule has 1 heterocycles. The third-order valence-corrected chi connectivity index (χ3v) is 7.87. The zero-order valence-electron chi connectivity index (χ0n) is 27.2. The van der Waals surface area contributed by atoms with Gasteiger partial charge in [0, 0.05) is 48.5 Å². The van der Waals surface area contributed by atoms with Crippen LogP contribution in [0.3, 0.4) is 0 Å². The Kier molecular flexibility index (Phi) is 12.6. The lowest BCUT2D eigenvalue weighted by Crippen LogP contribution is -2.36. The van der Waals surface area contributed by atoms with Crippen LogP contribution in [0.2, 0.25) is 0 Å². The molecule has 0 aromatic heterocycles. The van der Waals surface area contributed by atoms with Gasteiger partial charge in [0.1, 0.15) is 23.4 Å². The van der Waals surface area contributed by atoms with E-state index in [2.05, 4.69) is 5.32 Å². The van der Waals surface area contributed by atoms with E-state index in [1.807, 2.05) is 0 Å². The second-order valence-corrected chi connectivity index (χ2v) is 11.3. The van der Waals surface area contributed by atoms with Crippen molar-refractivity contribution in [2.24, 2.45) is 11.7 Å². The molecule has 5 atom stereocenters. The molecule has 0 fully saturated rings. The summed E-state index contributed by atoms with van der Waals surface area (Å²) in [6.07, 6.45) is 3.99. The standard InChI is InChI=1S/C35H44N2O9/c1-19-15-24-30(23-12-8-9-13-27(23)43-5)26(38)18-25(32(24)40)37-34(41)20(2)11-10-14-28(44-6)33(46-35(36)42)22(4)17-21(3)31(39)29(16-19)45-7/h8-15,17-18,21,28-29,31,33,38-40H,16H2,1-7H3,(H2,36,42)(H,37,41). The van der Waals surface area contributed by atoms with E-state index < -0.39 is 42.3 Å². The number of methoxy groups -OCH3 is 3. The Morgan fingerprint density at radius 2 is 1.76 bits per heavy atom. The van der Waals surface area contributed by atoms with E-state index in [1.54, 1.807) is 76.3 Å². The van der Waals surface area contributed by atoms with Crippen LogP contribution in [0.25, 0.3) is 17.2 Å². The van der Waals surface area contributed by atoms with Crippen molar-refractivity contribution in [1.29, 1.82) is 0 Å². The Morgan fingerprint density at radius 1 is 1.07 bits per heavy atom. The number of fused-ring (bicyclic) bond motifs is 2. The first-order chi connectivity index (χ1) is 21.8. The van der Waals surface area contributed by atoms with Gasteiger partial charge in [-0.05, 0) is 38.8 Å². The summed E-state index contributed by atoms with van der Waals surface area (Å²) in [6.45, 7) is 6.92. The molecule has 3 rings (SSSR count). The van der Waals surface area contributed by atoms with Gasteiger partial charge in [0.2, 0.25) is 0 Å². The number of aromatic hydroxyl groups is 2. The highest BCUT2D eigenvalue weighted by atomic mass is 16.6. The van der Waals surface area contributed by atoms with E-state index in [-0.39, 0.29) is 34.7 Å². The predicted octanol–water partition coefficient (Wildman–Crippen LogP) is 5.46. The van der Waals surface area contributed by atoms with Crippen LogP contribution in [0, 0.1) is 5.92 Å². The molecular formula is C35H44N2O9. The molecule has 1 aliphatic heterocycles. The van der Waals surface area contributed by atoms with E-state index >= 15 is 0 Å². The second-order valence-electron chi connectivity index (χ2n) is 11.3. The number of primary amides is 1. The normalized spacial score (nSPS) is 23.1. The lowest BCUT2D eigenvalue weighted by Gasteiger charge is -2.28. The molecule has 0 saturated heterocycles. The van der Waals surface area contributed by atoms with Gasteiger partial charge in [0.15, 0.2) is 6.10 Å². The van der Waals surface area contributed by atoms with Crippen LogP contribution in [-0.2, 0) is 19.0 Å². The molecule has 2 aromatic rings. The lowest BCUT2D eigenvalue weighted by molar-refractivity contribution is -0.112. The maximum Gasteiger partial charge on any atom is 0.405 e. The molecule has 11 heteroatoms. The van der Waals surface area contributed by atoms with Crippen molar-refractivity contribution in [2.75, 3.05) is 26.6 Å². The molecular weight excluding hydrogens is 592 g/mol. The number of anilines is 1. The van der Waals surface area contributed by atoms with Gasteiger partial charge in [-0.25, -0.2) is 4.79 Å². The molecule has 5 unspecified atom stereocenters. The zero-order chi connectivity index (χ0) is 34.1. The van der Waals surface area contributed by atoms with E-state index in [0.717, 1.165) is 0 Å². The highest BCUT2D eigenvalue weighted by molar-refractivity contribution is 6.05. The fraction of sp³-hybridized carbons (Fsp3) is 0.371. The minimum atomic E-state index is -1.00. The maximum absolute atomic E-state index is 13.2. The number of aliphatic hydroxyl groups is 1. The smallest absolute Gasteiger partial charge is 0.405 e. The summed E-state index contributed by atoms with van der Waals surface area (Å²) in [5, 5.41) is 36.9. The summed E-state index contributed by atoms with van der Waals surface area (Å²) in [7, 11) is 4.43. The molecule has 1 aliphatic rings. The minimum Gasteiger partial charge on any atom is -0.507 e. The lowest BCUT2D eigenvalue weighted by atomic mass is 9.90. The fourth-order valence-electron chi connectivity index (χ4n) is 5.41. The summed E-state index contributed by atoms with van der Waals surface area (Å²) in [6, 6.07) is 8.32. The quantitative estimate of drug-likeness (QED) is 0.163. The summed E-state index contributed by atoms with van der Waals surface area (Å²) in [5.74, 6) is -1.02. The summed E-state index contributed by atoms with van der Waals surface area (Å²) in [5.41, 5.74) is 7.95. The molecule has 0 aliphatic carbocycles. The fourth-order valence-corrected chi connectivity index (χ4v) is 5.41. The molecule has 2 bridgehead atoms. The van der Waals surface area contributed by atoms with Crippen molar-refractivity contribution in [3.05, 3.63) is 76.9 Å². The number of phenolic OH excluding ortho intramolecular Hbond substituents is 2. The van der Waals surface area contributed by atoms with Crippen molar-refractivity contribution in [1.82, 2.24) is 0 Å². The van der Waals surface area contributed by atoms with Crippen LogP contribution < -0.4 is 15.8 Å². The average Bonchev–Trinajstić information content (AvgIpc) is 3.02. The van der Waals surface area contributed by atoms with Gasteiger partial charge in [-0.15, -0.1) is 0 Å². The molecule has 6 N–H and O–H groups in total. The summed E-state index contributed by atoms with van der Waals surface area (Å²) in [4.78, 5) is 25.0. The monoisotopic (exact) mass is 636 g/mol. The number of para-hydroxylation sites is 1. The Labute approximate surface area is 269 Å². The number of benzene rings is 2. The average molecular weight is 637 g/mol. The number of carbonyl (C=O) groups excluding carboxylic acids is 2. The number of aliphatic hydroxyl groups excluding tert-OH is 1. The van der Waals surface area contributed by atoms with Crippen LogP contribution in [0.5, 0.6) is 17.2 Å². The van der Waals surface area contributed by atoms with Crippen LogP contribution in [0.15, 0.2) is 71.4 Å². The van der Waals surface area contributed by atoms with Gasteiger partial charge in [-0.2, -0.15) is 0 Å². The molecule has 0 spiro atoms. The maximum atomic E-state index is 13.2. The van der Waals surface area contributed by atoms with Gasteiger partial charge in [0.25, 0.3) is 5.91 Å². The molecule has 46 heavy (non-hydrogen) atoms. The number of allylic oxidation sites excluding steroid dienone is 2. The first-order valence-corrected chi connectivity index (χ1v) is 14.8. The largest absolute Gasteiger partial charge is 0.507 e. The van der Waals surface area contributed by atoms with Gasteiger partial charge in [-0.1, -0.05) is 61.1 Å². The van der Waals surface area contributed by atoms with Crippen LogP contribution in [-0.4, -0.2) is 73.1 Å². The highest BCUT2D eigenvalue weighted by Crippen LogP contribution is 2.46. The Bertz CT molecular complexity index is 1540. The zero-order valence-corrected chi connectivity index (χ0v) is 27.2. The minimum absolute atomic E-state index is 0.0173. The number of nitrogens with one attached hydrogen (secondary N) is 1. The summed E-state index contributed by atoms with van der Waals surface area (Å²) < 4.78 is 22.2. The second kappa shape index (κ2) is 16.1. The van der Waals surface area contributed by atoms with Crippen molar-refractivity contribution in [2.45, 2.75) is 58.5 Å². The van der Waals surface area contributed by atoms with Gasteiger partial charge >= 0.3 is 6.09 Å². The predicted molar refractivity (Wildman–Crippen MR) is 177 cm³/mol. The Morgan fingerprint density at radius 3 is 2.39 bits per heavy atom. The number of carbonyl (C=O) groups is 2. The summed E-state index contributed by atoms with van der Waals surface area (Å²) >= 11 is 0. The third-order valence-electron chi connectivity index (χ3n) is 7.87. The van der Waals surface area contributed by atoms with Crippen LogP contribution in [0.4, 0.5) is 10.5 Å². The molecule has 11 nitrogen and oxygen atoms in total. The van der Waals surface area contributed by atoms with Crippen molar-refractivity contribution >= 4 is 23.8 Å². The van der Waals surface area contributed by atoms with E-state index in [9.17, 15) is 24.9 Å². The van der Waals surface area contributed by atoms with E-state index in [4.69, 9.17) is 24.7 Å². The van der Waals surface area contributed by atoms with E-state index in [1.165, 1.54) is 33.5 Å². The van der Waals surface area contributed by atoms with E-state index in [0.29, 0.717) is 28.0 Å². The number of hydrogen-bond acceptors (Lipinski definition) is 9. The van der Waals surface area contributed by atoms with Gasteiger partial charge in [-0.3, -0.25) is 4.79 Å². The first kappa shape index (κ1) is 35.9. The first-order valence-electron chi connectivity index (χ1n) is 14.8. The topological polar surface area (TPSA) is 170 Å². The number of phenols is 2. The molecule has 0 saturated carbocycles. The molecule has 2 aromatic carbocycles. The number of hydrogen-bond donors (Lipinski definition) is 5. The SMILES string of the molecule is COc1ccccc1-c1c(O)cc2c(O)c1C=C(C)CC(OC)C(O)C(C)C=C(C)C(OC(N)=O)C(OC)C=CC=C(C)C(=O)N2. The molecule has 0 radical (unpaired) electrons. The number of rotatable bonds is 5. The van der Waals surface area contributed by atoms with Crippen LogP contribution in [0.1, 0.15) is 39.7 Å². The highest BCUT2D eigenvalue weighted by Gasteiger charge is 2.29. The number of amides is 2. The number of ether oxygens (including phenoxy) is 4. The van der Waals surface area contributed by atoms with Gasteiger partial charge < -0.3 is 45.3 Å². The van der Waals surface area contributed by atoms with Crippen molar-refractivity contribution in [3.8, 4) is 28.4 Å². The number of nitrogens with two attached hydrogens (primary N) is 1. The van der Waals surface area contributed by atoms with Crippen molar-refractivity contribution in [3.63, 3.8) is 0 Å². The Hall–Kier alpha value is -4.58. The van der Waals surface area contributed by atoms with Gasteiger partial charge in [0.05, 0.1) is 25.0 Å². The Balaban J connectivity index is 2.26. The molecule has 248 valence electrons. The molecule has 2 amide bonds.